The summed E-state index contributed by atoms with van der Waals surface area (Å²) >= 11 is 0. The summed E-state index contributed by atoms with van der Waals surface area (Å²) in [5, 5.41) is 27.3. The van der Waals surface area contributed by atoms with E-state index in [4.69, 9.17) is 53.6 Å². The molecule has 12 nitrogen and oxygen atoms in total. The lowest BCUT2D eigenvalue weighted by Crippen LogP contribution is -2.57. The maximum Gasteiger partial charge on any atom is 0.291 e. The van der Waals surface area contributed by atoms with Gasteiger partial charge < -0.3 is 33.3 Å². The lowest BCUT2D eigenvalue weighted by Gasteiger charge is -2.17. The fourth-order valence-corrected chi connectivity index (χ4v) is 0.752. The molecule has 0 aromatic carbocycles. The van der Waals surface area contributed by atoms with E-state index in [0.717, 1.165) is 25.8 Å². The van der Waals surface area contributed by atoms with Gasteiger partial charge in [0.1, 0.15) is 5.79 Å². The molecule has 0 saturated heterocycles. The van der Waals surface area contributed by atoms with E-state index in [1.165, 1.54) is 0 Å². The summed E-state index contributed by atoms with van der Waals surface area (Å²) in [6.07, 6.45) is 3.70. The normalized spacial score (nSPS) is 9.33. The predicted molar refractivity (Wildman–Crippen MR) is 60.4 cm³/mol. The number of rotatable bonds is 5. The van der Waals surface area contributed by atoms with Crippen molar-refractivity contribution < 1.29 is 20.6 Å². The maximum atomic E-state index is 8.36. The van der Waals surface area contributed by atoms with Crippen molar-refractivity contribution in [3.63, 3.8) is 0 Å². The number of nitrogens with zero attached hydrogens (tertiary/aromatic N) is 2. The lowest BCUT2D eigenvalue weighted by molar-refractivity contribution is -0.742. The van der Waals surface area contributed by atoms with Crippen LogP contribution in [-0.2, 0) is 0 Å². The van der Waals surface area contributed by atoms with Gasteiger partial charge in [0.25, 0.3) is 10.2 Å². The third-order valence-electron chi connectivity index (χ3n) is 1.31. The van der Waals surface area contributed by atoms with Gasteiger partial charge in [-0.1, -0.05) is 6.42 Å². The fourth-order valence-electron chi connectivity index (χ4n) is 0.752. The van der Waals surface area contributed by atoms with Gasteiger partial charge in [-0.2, -0.15) is 0 Å². The van der Waals surface area contributed by atoms with E-state index >= 15 is 0 Å². The molecule has 0 aliphatic heterocycles. The zero-order valence-corrected chi connectivity index (χ0v) is 9.77. The third kappa shape index (κ3) is 90.9. The number of unbranched alkanes of at least 4 members (excludes halogenated alkanes) is 2. The van der Waals surface area contributed by atoms with Gasteiger partial charge in [0.2, 0.25) is 0 Å². The van der Waals surface area contributed by atoms with Crippen LogP contribution in [-0.4, -0.2) is 32.9 Å². The van der Waals surface area contributed by atoms with Crippen LogP contribution in [0.5, 0.6) is 0 Å². The summed E-state index contributed by atoms with van der Waals surface area (Å²) in [7, 11) is 0. The highest BCUT2D eigenvalue weighted by molar-refractivity contribution is 4.66. The Morgan fingerprint density at radius 1 is 0.944 bits per heavy atom. The smallest absolute Gasteiger partial charge is 0.291 e. The topological polar surface area (TPSA) is 231 Å². The van der Waals surface area contributed by atoms with Crippen LogP contribution >= 0.6 is 0 Å². The zero-order chi connectivity index (χ0) is 15.2. The van der Waals surface area contributed by atoms with Crippen LogP contribution in [0.4, 0.5) is 0 Å². The van der Waals surface area contributed by atoms with Gasteiger partial charge in [-0.15, -0.1) is 20.2 Å². The Morgan fingerprint density at radius 2 is 1.28 bits per heavy atom. The molecular formula is C6H20N6O6. The molecule has 0 radical (unpaired) electrons. The summed E-state index contributed by atoms with van der Waals surface area (Å²) in [5.74, 6) is -0.991. The van der Waals surface area contributed by atoms with Crippen LogP contribution in [0.25, 0.3) is 0 Å². The fraction of sp³-hybridized carbons (Fsp3) is 1.00. The molecular weight excluding hydrogens is 252 g/mol. The molecule has 0 fully saturated rings. The molecule has 0 rings (SSSR count). The Kier molecular flexibility index (Phi) is 15.9. The van der Waals surface area contributed by atoms with Gasteiger partial charge >= 0.3 is 0 Å². The van der Waals surface area contributed by atoms with Crippen molar-refractivity contribution in [3.05, 3.63) is 20.2 Å². The first-order valence-corrected chi connectivity index (χ1v) is 4.76. The standard InChI is InChI=1S/C6H18N4.2HNO3/c7-5-3-1-2-4-6(8,9)10;2*2-1(3)4/h1-5,7-10H2;2*(H,2,3,4). The second kappa shape index (κ2) is 13.3. The Morgan fingerprint density at radius 3 is 1.50 bits per heavy atom. The van der Waals surface area contributed by atoms with Crippen molar-refractivity contribution in [2.24, 2.45) is 22.9 Å². The van der Waals surface area contributed by atoms with Gasteiger partial charge in [0.15, 0.2) is 0 Å². The van der Waals surface area contributed by atoms with Crippen molar-refractivity contribution in [1.29, 1.82) is 0 Å². The SMILES string of the molecule is NCCCCCC(N)(N)N.O=[N+]([O-])O.O=[N+]([O-])O. The minimum atomic E-state index is -1.50. The molecule has 0 aliphatic rings. The average molecular weight is 272 g/mol. The third-order valence-corrected chi connectivity index (χ3v) is 1.31. The molecule has 10 N–H and O–H groups in total. The van der Waals surface area contributed by atoms with Gasteiger partial charge in [0, 0.05) is 0 Å². The lowest BCUT2D eigenvalue weighted by atomic mass is 10.1. The van der Waals surface area contributed by atoms with Crippen LogP contribution in [0.2, 0.25) is 0 Å². The highest BCUT2D eigenvalue weighted by Gasteiger charge is 2.09. The molecule has 0 aromatic heterocycles. The van der Waals surface area contributed by atoms with Gasteiger partial charge in [-0.05, 0) is 25.8 Å². The zero-order valence-electron chi connectivity index (χ0n) is 9.77. The van der Waals surface area contributed by atoms with Gasteiger partial charge in [0.05, 0.1) is 0 Å². The molecule has 0 unspecified atom stereocenters. The molecule has 0 atom stereocenters. The van der Waals surface area contributed by atoms with Crippen molar-refractivity contribution in [3.8, 4) is 0 Å². The van der Waals surface area contributed by atoms with Crippen LogP contribution in [0.3, 0.4) is 0 Å². The van der Waals surface area contributed by atoms with E-state index in [-0.39, 0.29) is 0 Å². The van der Waals surface area contributed by atoms with E-state index in [9.17, 15) is 0 Å². The Bertz CT molecular complexity index is 199. The Hall–Kier alpha value is -1.76. The number of hydrogen-bond acceptors (Lipinski definition) is 8. The minimum Gasteiger partial charge on any atom is -0.330 e. The summed E-state index contributed by atoms with van der Waals surface area (Å²) in [6, 6.07) is 0. The molecule has 110 valence electrons. The summed E-state index contributed by atoms with van der Waals surface area (Å²) in [4.78, 5) is 16.7. The Labute approximate surface area is 103 Å². The molecule has 0 aromatic rings. The van der Waals surface area contributed by atoms with Gasteiger partial charge in [-0.3, -0.25) is 0 Å². The van der Waals surface area contributed by atoms with E-state index in [0.29, 0.717) is 6.42 Å². The van der Waals surface area contributed by atoms with Crippen LogP contribution < -0.4 is 22.9 Å². The van der Waals surface area contributed by atoms with E-state index < -0.39 is 16.0 Å². The van der Waals surface area contributed by atoms with Crippen molar-refractivity contribution in [2.75, 3.05) is 6.54 Å². The highest BCUT2D eigenvalue weighted by Crippen LogP contribution is 2.01. The minimum absolute atomic E-state index is 0.660. The van der Waals surface area contributed by atoms with Crippen molar-refractivity contribution in [2.45, 2.75) is 31.5 Å². The quantitative estimate of drug-likeness (QED) is 0.144. The van der Waals surface area contributed by atoms with Crippen molar-refractivity contribution >= 4 is 0 Å². The summed E-state index contributed by atoms with van der Waals surface area (Å²) < 4.78 is 0. The first kappa shape index (κ1) is 21.5. The van der Waals surface area contributed by atoms with Crippen LogP contribution in [0.1, 0.15) is 25.7 Å². The molecule has 0 saturated carbocycles. The molecule has 0 aliphatic carbocycles. The molecule has 0 bridgehead atoms. The van der Waals surface area contributed by atoms with E-state index in [2.05, 4.69) is 0 Å². The second-order valence-electron chi connectivity index (χ2n) is 3.19. The molecule has 12 heteroatoms. The molecule has 0 amide bonds. The number of nitrogens with two attached hydrogens (primary N) is 4. The molecule has 0 heterocycles. The number of hydrogen-bond donors (Lipinski definition) is 6. The second-order valence-corrected chi connectivity index (χ2v) is 3.19. The summed E-state index contributed by atoms with van der Waals surface area (Å²) in [5.41, 5.74) is 21.3. The van der Waals surface area contributed by atoms with E-state index in [1.54, 1.807) is 0 Å². The first-order chi connectivity index (χ1) is 8.02. The van der Waals surface area contributed by atoms with E-state index in [1.807, 2.05) is 0 Å². The molecule has 18 heavy (non-hydrogen) atoms. The molecule has 0 spiro atoms. The van der Waals surface area contributed by atoms with Gasteiger partial charge in [-0.25, -0.2) is 0 Å². The Balaban J connectivity index is -0.000000233. The first-order valence-electron chi connectivity index (χ1n) is 4.76. The average Bonchev–Trinajstić information content (AvgIpc) is 2.09. The van der Waals surface area contributed by atoms with Crippen molar-refractivity contribution in [1.82, 2.24) is 0 Å². The highest BCUT2D eigenvalue weighted by atomic mass is 16.9. The maximum absolute atomic E-state index is 8.36. The monoisotopic (exact) mass is 272 g/mol. The van der Waals surface area contributed by atoms with Crippen LogP contribution in [0.15, 0.2) is 0 Å². The summed E-state index contributed by atoms with van der Waals surface area (Å²) in [6.45, 7) is 0.729. The largest absolute Gasteiger partial charge is 0.330 e. The predicted octanol–water partition coefficient (Wildman–Crippen LogP) is -1.66. The van der Waals surface area contributed by atoms with Crippen LogP contribution in [0, 0.1) is 20.2 Å².